The van der Waals surface area contributed by atoms with Gasteiger partial charge in [0.15, 0.2) is 0 Å². The van der Waals surface area contributed by atoms with Crippen LogP contribution in [0.3, 0.4) is 0 Å². The zero-order valence-corrected chi connectivity index (χ0v) is 13.9. The number of hydrogen-bond donors (Lipinski definition) is 0. The first-order chi connectivity index (χ1) is 10.0. The minimum atomic E-state index is -3.27. The van der Waals surface area contributed by atoms with E-state index >= 15 is 0 Å². The number of piperidine rings is 1. The van der Waals surface area contributed by atoms with Gasteiger partial charge in [0.1, 0.15) is 0 Å². The highest BCUT2D eigenvalue weighted by Crippen LogP contribution is 2.22. The van der Waals surface area contributed by atoms with Crippen LogP contribution in [0.2, 0.25) is 5.02 Å². The molecule has 1 aliphatic rings. The van der Waals surface area contributed by atoms with E-state index < -0.39 is 10.0 Å². The lowest BCUT2D eigenvalue weighted by Crippen LogP contribution is -2.41. The molecule has 1 aliphatic heterocycles. The van der Waals surface area contributed by atoms with Crippen molar-refractivity contribution in [1.29, 1.82) is 0 Å². The van der Waals surface area contributed by atoms with Gasteiger partial charge in [0, 0.05) is 24.7 Å². The third kappa shape index (κ3) is 4.95. The molecule has 0 amide bonds. The molecule has 4 nitrogen and oxygen atoms in total. The summed E-state index contributed by atoms with van der Waals surface area (Å²) in [7, 11) is -3.27. The van der Waals surface area contributed by atoms with Crippen molar-refractivity contribution in [3.8, 4) is 0 Å². The van der Waals surface area contributed by atoms with Gasteiger partial charge >= 0.3 is 0 Å². The third-order valence-corrected chi connectivity index (χ3v) is 5.76. The van der Waals surface area contributed by atoms with Crippen LogP contribution in [0, 0.1) is 5.92 Å². The highest BCUT2D eigenvalue weighted by Gasteiger charge is 2.28. The Bertz CT molecular complexity index is 545. The van der Waals surface area contributed by atoms with Gasteiger partial charge in [0.05, 0.1) is 12.4 Å². The van der Waals surface area contributed by atoms with Gasteiger partial charge in [-0.15, -0.1) is 0 Å². The molecule has 0 aliphatic carbocycles. The highest BCUT2D eigenvalue weighted by atomic mass is 35.5. The fraction of sp³-hybridized carbons (Fsp3) is 0.600. The van der Waals surface area contributed by atoms with Crippen LogP contribution in [0.25, 0.3) is 0 Å². The molecule has 118 valence electrons. The number of nitrogens with zero attached hydrogens (tertiary/aromatic N) is 1. The second-order valence-electron chi connectivity index (χ2n) is 5.41. The summed E-state index contributed by atoms with van der Waals surface area (Å²) >= 11 is 5.83. The van der Waals surface area contributed by atoms with Crippen molar-refractivity contribution in [2.75, 3.05) is 26.3 Å². The normalized spacial score (nSPS) is 20.6. The smallest absolute Gasteiger partial charge is 0.218 e. The minimum absolute atomic E-state index is 0.0333. The van der Waals surface area contributed by atoms with E-state index in [0.717, 1.165) is 18.4 Å². The van der Waals surface area contributed by atoms with Crippen molar-refractivity contribution in [3.05, 3.63) is 34.9 Å². The summed E-state index contributed by atoms with van der Waals surface area (Å²) in [6.07, 6.45) is 1.94. The van der Waals surface area contributed by atoms with E-state index in [1.54, 1.807) is 28.6 Å². The van der Waals surface area contributed by atoms with E-state index in [2.05, 4.69) is 0 Å². The fourth-order valence-electron chi connectivity index (χ4n) is 2.58. The first kappa shape index (κ1) is 16.7. The molecule has 0 aromatic heterocycles. The van der Waals surface area contributed by atoms with Gasteiger partial charge in [-0.25, -0.2) is 12.7 Å². The summed E-state index contributed by atoms with van der Waals surface area (Å²) in [5.41, 5.74) is 0.770. The van der Waals surface area contributed by atoms with E-state index in [-0.39, 0.29) is 5.75 Å². The maximum atomic E-state index is 12.5. The second kappa shape index (κ2) is 7.58. The van der Waals surface area contributed by atoms with Gasteiger partial charge in [-0.05, 0) is 43.4 Å². The molecule has 1 heterocycles. The summed E-state index contributed by atoms with van der Waals surface area (Å²) in [6.45, 7) is 4.45. The maximum Gasteiger partial charge on any atom is 0.218 e. The molecule has 1 fully saturated rings. The number of rotatable bonds is 6. The molecule has 1 aromatic carbocycles. The van der Waals surface area contributed by atoms with Crippen molar-refractivity contribution < 1.29 is 13.2 Å². The Morgan fingerprint density at radius 3 is 2.71 bits per heavy atom. The topological polar surface area (TPSA) is 46.6 Å². The Morgan fingerprint density at radius 1 is 1.33 bits per heavy atom. The Balaban J connectivity index is 1.99. The van der Waals surface area contributed by atoms with E-state index in [1.807, 2.05) is 6.92 Å². The SMILES string of the molecule is CCOCC1CCCN(S(=O)(=O)Cc2ccc(Cl)cc2)C1. The molecule has 1 saturated heterocycles. The van der Waals surface area contributed by atoms with Gasteiger partial charge in [-0.2, -0.15) is 0 Å². The largest absolute Gasteiger partial charge is 0.381 e. The number of halogens is 1. The van der Waals surface area contributed by atoms with Crippen LogP contribution in [0.15, 0.2) is 24.3 Å². The quantitative estimate of drug-likeness (QED) is 0.805. The van der Waals surface area contributed by atoms with Gasteiger partial charge in [-0.1, -0.05) is 23.7 Å². The zero-order valence-electron chi connectivity index (χ0n) is 12.3. The van der Waals surface area contributed by atoms with Crippen molar-refractivity contribution in [2.24, 2.45) is 5.92 Å². The summed E-state index contributed by atoms with van der Waals surface area (Å²) in [5.74, 6) is 0.338. The maximum absolute atomic E-state index is 12.5. The standard InChI is InChI=1S/C15H22ClNO3S/c1-2-20-11-14-4-3-9-17(10-14)21(18,19)12-13-5-7-15(16)8-6-13/h5-8,14H,2-4,9-12H2,1H3. The molecule has 1 atom stereocenters. The Kier molecular flexibility index (Phi) is 6.05. The van der Waals surface area contributed by atoms with E-state index in [1.165, 1.54) is 0 Å². The lowest BCUT2D eigenvalue weighted by atomic mass is 10.0. The number of benzene rings is 1. The van der Waals surface area contributed by atoms with Gasteiger partial charge in [0.25, 0.3) is 0 Å². The average molecular weight is 332 g/mol. The van der Waals surface area contributed by atoms with Crippen LogP contribution in [-0.4, -0.2) is 39.0 Å². The molecular formula is C15H22ClNO3S. The molecule has 0 radical (unpaired) electrons. The van der Waals surface area contributed by atoms with E-state index in [9.17, 15) is 8.42 Å². The van der Waals surface area contributed by atoms with Crippen LogP contribution in [0.4, 0.5) is 0 Å². The van der Waals surface area contributed by atoms with Crippen LogP contribution >= 0.6 is 11.6 Å². The zero-order chi connectivity index (χ0) is 15.3. The van der Waals surface area contributed by atoms with Crippen LogP contribution in [0.1, 0.15) is 25.3 Å². The van der Waals surface area contributed by atoms with Gasteiger partial charge in [0.2, 0.25) is 10.0 Å². The molecule has 1 unspecified atom stereocenters. The highest BCUT2D eigenvalue weighted by molar-refractivity contribution is 7.88. The molecule has 2 rings (SSSR count). The first-order valence-corrected chi connectivity index (χ1v) is 9.30. The Morgan fingerprint density at radius 2 is 2.05 bits per heavy atom. The predicted octanol–water partition coefficient (Wildman–Crippen LogP) is 2.92. The predicted molar refractivity (Wildman–Crippen MR) is 84.9 cm³/mol. The number of hydrogen-bond acceptors (Lipinski definition) is 3. The average Bonchev–Trinajstić information content (AvgIpc) is 2.48. The van der Waals surface area contributed by atoms with Crippen LogP contribution in [-0.2, 0) is 20.5 Å². The van der Waals surface area contributed by atoms with Crippen molar-refractivity contribution in [2.45, 2.75) is 25.5 Å². The van der Waals surface area contributed by atoms with Crippen molar-refractivity contribution in [1.82, 2.24) is 4.31 Å². The molecule has 0 spiro atoms. The van der Waals surface area contributed by atoms with Crippen molar-refractivity contribution >= 4 is 21.6 Å². The van der Waals surface area contributed by atoms with E-state index in [0.29, 0.717) is 37.2 Å². The number of ether oxygens (including phenoxy) is 1. The summed E-state index contributed by atoms with van der Waals surface area (Å²) < 4.78 is 32.1. The van der Waals surface area contributed by atoms with Crippen molar-refractivity contribution in [3.63, 3.8) is 0 Å². The Labute approximate surface area is 132 Å². The monoisotopic (exact) mass is 331 g/mol. The number of sulfonamides is 1. The summed E-state index contributed by atoms with van der Waals surface area (Å²) in [5, 5.41) is 0.617. The van der Waals surface area contributed by atoms with E-state index in [4.69, 9.17) is 16.3 Å². The molecule has 0 N–H and O–H groups in total. The molecule has 21 heavy (non-hydrogen) atoms. The summed E-state index contributed by atoms with van der Waals surface area (Å²) in [6, 6.07) is 6.98. The van der Waals surface area contributed by atoms with Gasteiger partial charge < -0.3 is 4.74 Å². The molecular weight excluding hydrogens is 310 g/mol. The summed E-state index contributed by atoms with van der Waals surface area (Å²) in [4.78, 5) is 0. The molecule has 1 aromatic rings. The first-order valence-electron chi connectivity index (χ1n) is 7.31. The molecule has 6 heteroatoms. The van der Waals surface area contributed by atoms with Crippen LogP contribution < -0.4 is 0 Å². The lowest BCUT2D eigenvalue weighted by molar-refractivity contribution is 0.0864. The second-order valence-corrected chi connectivity index (χ2v) is 7.81. The fourth-order valence-corrected chi connectivity index (χ4v) is 4.35. The lowest BCUT2D eigenvalue weighted by Gasteiger charge is -2.31. The minimum Gasteiger partial charge on any atom is -0.381 e. The Hall–Kier alpha value is -0.620. The molecule has 0 saturated carbocycles. The van der Waals surface area contributed by atoms with Crippen LogP contribution in [0.5, 0.6) is 0 Å². The molecule has 0 bridgehead atoms. The van der Waals surface area contributed by atoms with Gasteiger partial charge in [-0.3, -0.25) is 0 Å². The third-order valence-electron chi connectivity index (χ3n) is 3.70.